The summed E-state index contributed by atoms with van der Waals surface area (Å²) in [4.78, 5) is 8.76. The highest BCUT2D eigenvalue weighted by atomic mass is 79.9. The Hall–Kier alpha value is -1.95. The minimum Gasteiger partial charge on any atom is -0.369 e. The van der Waals surface area contributed by atoms with Crippen LogP contribution in [0.4, 0.5) is 5.82 Å². The zero-order valence-corrected chi connectivity index (χ0v) is 13.6. The standard InChI is InChI=1S/C15H16BrN5/c1-3-7-17-14-13-10(2)20-21(15(13)19-9-18-14)12-6-4-5-11(16)8-12/h4-6,8-9H,3,7H2,1-2H3,(H,17,18,19). The molecule has 0 aliphatic rings. The molecule has 2 aromatic heterocycles. The summed E-state index contributed by atoms with van der Waals surface area (Å²) in [5.74, 6) is 0.848. The van der Waals surface area contributed by atoms with Crippen LogP contribution in [0.2, 0.25) is 0 Å². The van der Waals surface area contributed by atoms with Crippen LogP contribution in [0.1, 0.15) is 19.0 Å². The second-order valence-electron chi connectivity index (χ2n) is 4.82. The molecule has 0 radical (unpaired) electrons. The predicted octanol–water partition coefficient (Wildman–Crippen LogP) is 3.71. The van der Waals surface area contributed by atoms with Crippen molar-refractivity contribution in [2.75, 3.05) is 11.9 Å². The summed E-state index contributed by atoms with van der Waals surface area (Å²) in [5.41, 5.74) is 2.71. The summed E-state index contributed by atoms with van der Waals surface area (Å²) in [6, 6.07) is 8.01. The minimum absolute atomic E-state index is 0.819. The molecule has 0 aliphatic carbocycles. The van der Waals surface area contributed by atoms with Gasteiger partial charge in [-0.2, -0.15) is 5.10 Å². The van der Waals surface area contributed by atoms with Gasteiger partial charge in [0, 0.05) is 11.0 Å². The molecule has 0 unspecified atom stereocenters. The van der Waals surface area contributed by atoms with Crippen LogP contribution < -0.4 is 5.32 Å². The van der Waals surface area contributed by atoms with Gasteiger partial charge in [-0.25, -0.2) is 14.6 Å². The van der Waals surface area contributed by atoms with Gasteiger partial charge in [0.05, 0.1) is 16.8 Å². The minimum atomic E-state index is 0.819. The van der Waals surface area contributed by atoms with E-state index in [4.69, 9.17) is 0 Å². The van der Waals surface area contributed by atoms with E-state index in [1.807, 2.05) is 35.9 Å². The van der Waals surface area contributed by atoms with Crippen LogP contribution in [-0.4, -0.2) is 26.3 Å². The van der Waals surface area contributed by atoms with Gasteiger partial charge in [0.1, 0.15) is 12.1 Å². The lowest BCUT2D eigenvalue weighted by molar-refractivity contribution is 0.875. The van der Waals surface area contributed by atoms with Crippen LogP contribution in [0.3, 0.4) is 0 Å². The monoisotopic (exact) mass is 345 g/mol. The van der Waals surface area contributed by atoms with Crippen molar-refractivity contribution in [2.45, 2.75) is 20.3 Å². The van der Waals surface area contributed by atoms with Crippen LogP contribution in [-0.2, 0) is 0 Å². The molecule has 0 bridgehead atoms. The predicted molar refractivity (Wildman–Crippen MR) is 87.9 cm³/mol. The summed E-state index contributed by atoms with van der Waals surface area (Å²) in [6.07, 6.45) is 2.63. The van der Waals surface area contributed by atoms with Crippen molar-refractivity contribution < 1.29 is 0 Å². The number of nitrogens with zero attached hydrogens (tertiary/aromatic N) is 4. The maximum Gasteiger partial charge on any atom is 0.168 e. The van der Waals surface area contributed by atoms with Gasteiger partial charge in [-0.15, -0.1) is 0 Å². The molecule has 0 fully saturated rings. The molecule has 5 nitrogen and oxygen atoms in total. The quantitative estimate of drug-likeness (QED) is 0.783. The molecule has 2 heterocycles. The first kappa shape index (κ1) is 14.0. The Morgan fingerprint density at radius 1 is 1.29 bits per heavy atom. The van der Waals surface area contributed by atoms with Gasteiger partial charge < -0.3 is 5.32 Å². The van der Waals surface area contributed by atoms with Gasteiger partial charge in [-0.3, -0.25) is 0 Å². The second kappa shape index (κ2) is 5.81. The largest absolute Gasteiger partial charge is 0.369 e. The highest BCUT2D eigenvalue weighted by molar-refractivity contribution is 9.10. The lowest BCUT2D eigenvalue weighted by Gasteiger charge is -2.06. The number of rotatable bonds is 4. The fraction of sp³-hybridized carbons (Fsp3) is 0.267. The van der Waals surface area contributed by atoms with E-state index in [2.05, 4.69) is 43.2 Å². The highest BCUT2D eigenvalue weighted by Gasteiger charge is 2.14. The first-order chi connectivity index (χ1) is 10.2. The number of halogens is 1. The van der Waals surface area contributed by atoms with Gasteiger partial charge in [-0.1, -0.05) is 28.9 Å². The zero-order valence-electron chi connectivity index (χ0n) is 12.0. The van der Waals surface area contributed by atoms with Gasteiger partial charge in [0.15, 0.2) is 5.65 Å². The fourth-order valence-electron chi connectivity index (χ4n) is 2.28. The van der Waals surface area contributed by atoms with E-state index in [0.29, 0.717) is 0 Å². The summed E-state index contributed by atoms with van der Waals surface area (Å²) in [6.45, 7) is 4.99. The lowest BCUT2D eigenvalue weighted by atomic mass is 10.3. The average molecular weight is 346 g/mol. The third-order valence-electron chi connectivity index (χ3n) is 3.23. The molecular weight excluding hydrogens is 330 g/mol. The molecule has 1 N–H and O–H groups in total. The van der Waals surface area contributed by atoms with E-state index in [1.54, 1.807) is 6.33 Å². The van der Waals surface area contributed by atoms with Gasteiger partial charge in [0.25, 0.3) is 0 Å². The third kappa shape index (κ3) is 2.63. The average Bonchev–Trinajstić information content (AvgIpc) is 2.83. The number of hydrogen-bond donors (Lipinski definition) is 1. The van der Waals surface area contributed by atoms with Gasteiger partial charge in [-0.05, 0) is 31.5 Å². The molecule has 6 heteroatoms. The number of benzene rings is 1. The van der Waals surface area contributed by atoms with Crippen molar-refractivity contribution in [3.63, 3.8) is 0 Å². The normalized spacial score (nSPS) is 11.0. The Morgan fingerprint density at radius 3 is 2.90 bits per heavy atom. The SMILES string of the molecule is CCCNc1ncnc2c1c(C)nn2-c1cccc(Br)c1. The second-order valence-corrected chi connectivity index (χ2v) is 5.74. The van der Waals surface area contributed by atoms with Crippen LogP contribution in [0, 0.1) is 6.92 Å². The maximum absolute atomic E-state index is 4.62. The van der Waals surface area contributed by atoms with Crippen molar-refractivity contribution in [1.82, 2.24) is 19.7 Å². The molecule has 21 heavy (non-hydrogen) atoms. The third-order valence-corrected chi connectivity index (χ3v) is 3.73. The Kier molecular flexibility index (Phi) is 3.88. The molecule has 3 aromatic rings. The molecule has 0 atom stereocenters. The number of fused-ring (bicyclic) bond motifs is 1. The number of aryl methyl sites for hydroxylation is 1. The summed E-state index contributed by atoms with van der Waals surface area (Å²) < 4.78 is 2.87. The molecule has 0 saturated heterocycles. The first-order valence-corrected chi connectivity index (χ1v) is 7.70. The molecule has 0 amide bonds. The highest BCUT2D eigenvalue weighted by Crippen LogP contribution is 2.26. The van der Waals surface area contributed by atoms with E-state index < -0.39 is 0 Å². The molecule has 3 rings (SSSR count). The van der Waals surface area contributed by atoms with Crippen molar-refractivity contribution in [3.8, 4) is 5.69 Å². The number of nitrogens with one attached hydrogen (secondary N) is 1. The van der Waals surface area contributed by atoms with E-state index in [-0.39, 0.29) is 0 Å². The summed E-state index contributed by atoms with van der Waals surface area (Å²) in [7, 11) is 0. The van der Waals surface area contributed by atoms with Crippen LogP contribution >= 0.6 is 15.9 Å². The molecule has 108 valence electrons. The molecule has 1 aromatic carbocycles. The number of aromatic nitrogens is 4. The Morgan fingerprint density at radius 2 is 2.14 bits per heavy atom. The van der Waals surface area contributed by atoms with Crippen molar-refractivity contribution in [3.05, 3.63) is 40.8 Å². The fourth-order valence-corrected chi connectivity index (χ4v) is 2.67. The Bertz CT molecular complexity index is 781. The van der Waals surface area contributed by atoms with Crippen molar-refractivity contribution in [1.29, 1.82) is 0 Å². The number of hydrogen-bond acceptors (Lipinski definition) is 4. The summed E-state index contributed by atoms with van der Waals surface area (Å²) >= 11 is 3.49. The van der Waals surface area contributed by atoms with E-state index in [1.165, 1.54) is 0 Å². The molecular formula is C15H16BrN5. The van der Waals surface area contributed by atoms with Crippen LogP contribution in [0.25, 0.3) is 16.7 Å². The van der Waals surface area contributed by atoms with Gasteiger partial charge >= 0.3 is 0 Å². The molecule has 0 aliphatic heterocycles. The van der Waals surface area contributed by atoms with E-state index >= 15 is 0 Å². The van der Waals surface area contributed by atoms with E-state index in [9.17, 15) is 0 Å². The first-order valence-electron chi connectivity index (χ1n) is 6.91. The van der Waals surface area contributed by atoms with Gasteiger partial charge in [0.2, 0.25) is 0 Å². The van der Waals surface area contributed by atoms with Crippen LogP contribution in [0.5, 0.6) is 0 Å². The zero-order chi connectivity index (χ0) is 14.8. The smallest absolute Gasteiger partial charge is 0.168 e. The Labute approximate surface area is 131 Å². The van der Waals surface area contributed by atoms with Crippen molar-refractivity contribution in [2.24, 2.45) is 0 Å². The topological polar surface area (TPSA) is 55.6 Å². The molecule has 0 saturated carbocycles. The van der Waals surface area contributed by atoms with E-state index in [0.717, 1.165) is 45.7 Å². The summed E-state index contributed by atoms with van der Waals surface area (Å²) in [5, 5.41) is 8.94. The number of anilines is 1. The molecule has 0 spiro atoms. The lowest BCUT2D eigenvalue weighted by Crippen LogP contribution is -2.03. The Balaban J connectivity index is 2.17. The van der Waals surface area contributed by atoms with Crippen LogP contribution in [0.15, 0.2) is 35.1 Å². The van der Waals surface area contributed by atoms with Crippen molar-refractivity contribution >= 4 is 32.8 Å². The maximum atomic E-state index is 4.62.